The number of fused-ring (bicyclic) bond motifs is 3. The Balaban J connectivity index is 1.14. The lowest BCUT2D eigenvalue weighted by Gasteiger charge is -2.55. The normalized spacial score (nSPS) is 30.3. The van der Waals surface area contributed by atoms with E-state index in [2.05, 4.69) is 175 Å². The van der Waals surface area contributed by atoms with Gasteiger partial charge in [-0.3, -0.25) is 0 Å². The quantitative estimate of drug-likeness (QED) is 0.165. The highest BCUT2D eigenvalue weighted by molar-refractivity contribution is 7.01. The fraction of sp³-hybridized carbons (Fsp3) is 0.474. The lowest BCUT2D eigenvalue weighted by Crippen LogP contribution is -2.69. The summed E-state index contributed by atoms with van der Waals surface area (Å²) in [5, 5.41) is 0. The van der Waals surface area contributed by atoms with E-state index >= 15 is 0 Å². The molecular formula is C57H64BN3. The largest absolute Gasteiger partial charge is 0.336 e. The van der Waals surface area contributed by atoms with E-state index in [1.807, 2.05) is 0 Å². The summed E-state index contributed by atoms with van der Waals surface area (Å²) in [6.45, 7) is 24.6. The van der Waals surface area contributed by atoms with Crippen LogP contribution in [0.3, 0.4) is 0 Å². The molecule has 0 N–H and O–H groups in total. The molecule has 14 rings (SSSR count). The molecule has 4 heteroatoms. The van der Waals surface area contributed by atoms with Gasteiger partial charge in [-0.05, 0) is 161 Å². The Labute approximate surface area is 366 Å². The highest BCUT2D eigenvalue weighted by Gasteiger charge is 2.67. The molecule has 5 fully saturated rings. The van der Waals surface area contributed by atoms with Crippen molar-refractivity contribution in [3.05, 3.63) is 119 Å². The molecule has 4 atom stereocenters. The topological polar surface area (TPSA) is 9.72 Å². The predicted molar refractivity (Wildman–Crippen MR) is 258 cm³/mol. The number of hydrogen-bond acceptors (Lipinski definition) is 3. The molecule has 9 aliphatic rings. The van der Waals surface area contributed by atoms with Crippen molar-refractivity contribution in [2.45, 2.75) is 153 Å². The minimum atomic E-state index is -0.117. The van der Waals surface area contributed by atoms with Crippen molar-refractivity contribution in [1.29, 1.82) is 0 Å². The third-order valence-corrected chi connectivity index (χ3v) is 19.0. The number of anilines is 7. The molecule has 4 unspecified atom stereocenters. The summed E-state index contributed by atoms with van der Waals surface area (Å²) >= 11 is 0. The second kappa shape index (κ2) is 11.4. The van der Waals surface area contributed by atoms with E-state index in [0.29, 0.717) is 0 Å². The van der Waals surface area contributed by atoms with Crippen LogP contribution < -0.4 is 31.1 Å². The van der Waals surface area contributed by atoms with E-state index in [1.165, 1.54) is 119 Å². The average Bonchev–Trinajstić information content (AvgIpc) is 4.00. The maximum atomic E-state index is 3.04. The molecule has 4 aliphatic heterocycles. The van der Waals surface area contributed by atoms with Crippen LogP contribution in [0, 0.1) is 17.8 Å². The van der Waals surface area contributed by atoms with Crippen molar-refractivity contribution < 1.29 is 0 Å². The van der Waals surface area contributed by atoms with Gasteiger partial charge in [0, 0.05) is 56.2 Å². The summed E-state index contributed by atoms with van der Waals surface area (Å²) in [4.78, 5) is 8.64. The molecule has 4 bridgehead atoms. The van der Waals surface area contributed by atoms with Crippen molar-refractivity contribution in [2.75, 3.05) is 14.7 Å². The van der Waals surface area contributed by atoms with Crippen LogP contribution in [0.5, 0.6) is 0 Å². The lowest BCUT2D eigenvalue weighted by molar-refractivity contribution is 0.195. The lowest BCUT2D eigenvalue weighted by atomic mass is 9.28. The Kier molecular flexibility index (Phi) is 6.93. The zero-order valence-corrected chi connectivity index (χ0v) is 38.5. The molecule has 4 heterocycles. The summed E-state index contributed by atoms with van der Waals surface area (Å²) in [6.07, 6.45) is 10.5. The Morgan fingerprint density at radius 3 is 1.79 bits per heavy atom. The Bertz CT molecular complexity index is 2730. The summed E-state index contributed by atoms with van der Waals surface area (Å²) in [7, 11) is 0. The van der Waals surface area contributed by atoms with Crippen LogP contribution in [0.25, 0.3) is 0 Å². The number of nitrogens with zero attached hydrogens (tertiary/aromatic N) is 3. The summed E-state index contributed by atoms with van der Waals surface area (Å²) in [6, 6.07) is 37.4. The molecule has 0 radical (unpaired) electrons. The van der Waals surface area contributed by atoms with E-state index in [4.69, 9.17) is 0 Å². The van der Waals surface area contributed by atoms with Crippen molar-refractivity contribution in [2.24, 2.45) is 17.8 Å². The van der Waals surface area contributed by atoms with E-state index < -0.39 is 0 Å². The maximum absolute atomic E-state index is 3.04. The van der Waals surface area contributed by atoms with Crippen LogP contribution in [0.15, 0.2) is 91.0 Å². The maximum Gasteiger partial charge on any atom is 0.252 e. The van der Waals surface area contributed by atoms with Gasteiger partial charge in [-0.15, -0.1) is 0 Å². The smallest absolute Gasteiger partial charge is 0.252 e. The minimum Gasteiger partial charge on any atom is -0.336 e. The Morgan fingerprint density at radius 1 is 0.541 bits per heavy atom. The van der Waals surface area contributed by atoms with Crippen LogP contribution in [-0.2, 0) is 21.7 Å². The van der Waals surface area contributed by atoms with Gasteiger partial charge in [0.15, 0.2) is 0 Å². The van der Waals surface area contributed by atoms with Gasteiger partial charge in [0.2, 0.25) is 0 Å². The zero-order chi connectivity index (χ0) is 42.0. The van der Waals surface area contributed by atoms with Gasteiger partial charge in [-0.2, -0.15) is 0 Å². The fourth-order valence-electron chi connectivity index (χ4n) is 15.7. The number of hydrogen-bond donors (Lipinski definition) is 0. The Morgan fingerprint density at radius 2 is 1.15 bits per heavy atom. The van der Waals surface area contributed by atoms with Crippen LogP contribution in [0.1, 0.15) is 148 Å². The van der Waals surface area contributed by atoms with Gasteiger partial charge < -0.3 is 14.7 Å². The van der Waals surface area contributed by atoms with Gasteiger partial charge in [-0.1, -0.05) is 124 Å². The van der Waals surface area contributed by atoms with E-state index in [-0.39, 0.29) is 39.5 Å². The molecule has 3 nitrogen and oxygen atoms in total. The first-order chi connectivity index (χ1) is 29.0. The predicted octanol–water partition coefficient (Wildman–Crippen LogP) is 12.6. The fourth-order valence-corrected chi connectivity index (χ4v) is 15.7. The molecule has 61 heavy (non-hydrogen) atoms. The first kappa shape index (κ1) is 37.1. The van der Waals surface area contributed by atoms with Crippen molar-refractivity contribution in [1.82, 2.24) is 0 Å². The highest BCUT2D eigenvalue weighted by Crippen LogP contribution is 2.70. The monoisotopic (exact) mass is 802 g/mol. The molecule has 5 aromatic carbocycles. The highest BCUT2D eigenvalue weighted by atomic mass is 15.3. The molecule has 5 saturated carbocycles. The van der Waals surface area contributed by atoms with E-state index in [1.54, 1.807) is 16.5 Å². The molecule has 0 aromatic heterocycles. The van der Waals surface area contributed by atoms with Gasteiger partial charge in [0.1, 0.15) is 0 Å². The van der Waals surface area contributed by atoms with E-state index in [0.717, 1.165) is 17.8 Å². The Hall–Kier alpha value is -4.44. The second-order valence-corrected chi connectivity index (χ2v) is 24.2. The number of rotatable bonds is 3. The molecule has 0 spiro atoms. The van der Waals surface area contributed by atoms with Crippen molar-refractivity contribution in [3.63, 3.8) is 0 Å². The minimum absolute atomic E-state index is 0.0465. The van der Waals surface area contributed by atoms with Gasteiger partial charge in [0.25, 0.3) is 6.71 Å². The third-order valence-electron chi connectivity index (χ3n) is 19.0. The van der Waals surface area contributed by atoms with Gasteiger partial charge in [-0.25, -0.2) is 0 Å². The molecule has 5 aromatic rings. The average molecular weight is 802 g/mol. The first-order valence-corrected chi connectivity index (χ1v) is 24.1. The van der Waals surface area contributed by atoms with Crippen molar-refractivity contribution in [3.8, 4) is 0 Å². The zero-order valence-electron chi connectivity index (χ0n) is 38.5. The van der Waals surface area contributed by atoms with Gasteiger partial charge in [0.05, 0.1) is 5.54 Å². The molecule has 0 amide bonds. The van der Waals surface area contributed by atoms with Crippen LogP contribution in [-0.4, -0.2) is 17.8 Å². The standard InChI is InChI=1S/C57H64BN3/c1-52(2,3)36-19-22-39(23-20-36)59-45-17-13-15-41-49(45)58-50-42(54(41,7)8)16-14-18-46(50)61(57-32-34-27-38(57)28-35(34)33-57)48-31-40(30-47(59)51(48)58)60-44-24-21-37(53(4,5)6)29-43(44)55(9)25-11-12-26-56(55,60)10/h13-24,29-31,34-35,38H,11-12,25-28,32-33H2,1-10H3. The molecule has 0 saturated heterocycles. The number of benzene rings is 5. The molecule has 310 valence electrons. The van der Waals surface area contributed by atoms with Crippen LogP contribution in [0.2, 0.25) is 0 Å². The van der Waals surface area contributed by atoms with Crippen LogP contribution >= 0.6 is 0 Å². The van der Waals surface area contributed by atoms with Crippen molar-refractivity contribution >= 4 is 62.9 Å². The summed E-state index contributed by atoms with van der Waals surface area (Å²) in [5.74, 6) is 2.53. The van der Waals surface area contributed by atoms with E-state index in [9.17, 15) is 0 Å². The first-order valence-electron chi connectivity index (χ1n) is 24.1. The SMILES string of the molecule is CC(C)(C)c1ccc(N2c3cc(N4c5ccc(C(C)(C)C)cc5C5(C)CCCCC45C)cc4c3B3c5c2cccc5C(C)(C)c2cccc(c23)N4C23CC4CC2CC4C3)cc1. The molecular weight excluding hydrogens is 737 g/mol. The summed E-state index contributed by atoms with van der Waals surface area (Å²) in [5.41, 5.74) is 22.1. The second-order valence-electron chi connectivity index (χ2n) is 24.2. The van der Waals surface area contributed by atoms with Gasteiger partial charge >= 0.3 is 0 Å². The van der Waals surface area contributed by atoms with Crippen LogP contribution in [0.4, 0.5) is 39.8 Å². The third kappa shape index (κ3) is 4.39. The summed E-state index contributed by atoms with van der Waals surface area (Å²) < 4.78 is 0. The molecule has 5 aliphatic carbocycles.